The van der Waals surface area contributed by atoms with Crippen LogP contribution in [0.5, 0.6) is 0 Å². The molecule has 0 amide bonds. The predicted octanol–water partition coefficient (Wildman–Crippen LogP) is -0.255. The zero-order valence-electron chi connectivity index (χ0n) is 10.0. The number of aromatic nitrogens is 2. The fourth-order valence-electron chi connectivity index (χ4n) is 1.05. The third kappa shape index (κ3) is 11.5. The average Bonchev–Trinajstić information content (AvgIpc) is 2.46. The largest absolute Gasteiger partial charge is 0.338 e. The molecule has 1 aromatic rings. The molecule has 10 heteroatoms. The van der Waals surface area contributed by atoms with Crippen molar-refractivity contribution in [2.75, 3.05) is 12.0 Å². The molecule has 0 spiro atoms. The number of hydrogen-bond acceptors (Lipinski definition) is 5. The van der Waals surface area contributed by atoms with E-state index < -0.39 is 20.2 Å². The summed E-state index contributed by atoms with van der Waals surface area (Å²) in [7, 11) is -5.65. The minimum Gasteiger partial charge on any atom is -0.338 e. The summed E-state index contributed by atoms with van der Waals surface area (Å²) in [5, 5.41) is 0. The maximum absolute atomic E-state index is 10.4. The summed E-state index contributed by atoms with van der Waals surface area (Å²) in [6, 6.07) is 0. The van der Waals surface area contributed by atoms with Crippen LogP contribution >= 0.6 is 0 Å². The summed E-state index contributed by atoms with van der Waals surface area (Å²) in [6.45, 7) is 0. The van der Waals surface area contributed by atoms with Crippen molar-refractivity contribution < 1.29 is 25.9 Å². The Balaban J connectivity index is 0.000000494. The third-order valence-corrected chi connectivity index (χ3v) is 2.53. The van der Waals surface area contributed by atoms with Crippen molar-refractivity contribution in [3.63, 3.8) is 0 Å². The second-order valence-electron chi connectivity index (χ2n) is 3.58. The van der Waals surface area contributed by atoms with Gasteiger partial charge in [-0.1, -0.05) is 0 Å². The van der Waals surface area contributed by atoms with E-state index in [1.165, 1.54) is 0 Å². The third-order valence-electron chi connectivity index (χ3n) is 1.72. The molecule has 1 aromatic heterocycles. The molecule has 0 saturated heterocycles. The van der Waals surface area contributed by atoms with E-state index in [0.29, 0.717) is 19.1 Å². The number of hydrogen-bond donors (Lipinski definition) is 2. The summed E-state index contributed by atoms with van der Waals surface area (Å²) in [4.78, 5) is 4.02. The van der Waals surface area contributed by atoms with Crippen molar-refractivity contribution >= 4 is 20.2 Å². The van der Waals surface area contributed by atoms with E-state index in [9.17, 15) is 16.8 Å². The first kappa shape index (κ1) is 17.0. The highest BCUT2D eigenvalue weighted by atomic mass is 32.2. The Morgan fingerprint density at radius 2 is 1.78 bits per heavy atom. The number of imidazole rings is 1. The monoisotopic (exact) mass is 300 g/mol. The summed E-state index contributed by atoms with van der Waals surface area (Å²) >= 11 is 0. The molecule has 0 aliphatic heterocycles. The molecule has 0 fully saturated rings. The first-order valence-corrected chi connectivity index (χ1v) is 8.28. The molecule has 0 aromatic carbocycles. The van der Waals surface area contributed by atoms with Crippen LogP contribution in [-0.2, 0) is 33.7 Å². The SMILES string of the molecule is CS(=O)(=O)O.Cn1ccnc1CCCS(=O)(=O)O. The van der Waals surface area contributed by atoms with Crippen molar-refractivity contribution in [1.29, 1.82) is 0 Å². The van der Waals surface area contributed by atoms with Crippen LogP contribution in [0.3, 0.4) is 0 Å². The van der Waals surface area contributed by atoms with Crippen molar-refractivity contribution in [1.82, 2.24) is 9.55 Å². The molecule has 0 aliphatic carbocycles. The lowest BCUT2D eigenvalue weighted by molar-refractivity contribution is 0.480. The van der Waals surface area contributed by atoms with Crippen molar-refractivity contribution in [2.24, 2.45) is 7.05 Å². The maximum Gasteiger partial charge on any atom is 0.264 e. The Bertz CT molecular complexity index is 552. The van der Waals surface area contributed by atoms with Gasteiger partial charge in [-0.05, 0) is 6.42 Å². The van der Waals surface area contributed by atoms with E-state index in [4.69, 9.17) is 9.11 Å². The molecule has 1 rings (SSSR count). The van der Waals surface area contributed by atoms with E-state index in [2.05, 4.69) is 4.98 Å². The van der Waals surface area contributed by atoms with Crippen molar-refractivity contribution in [3.8, 4) is 0 Å². The maximum atomic E-state index is 10.4. The fraction of sp³-hybridized carbons (Fsp3) is 0.625. The van der Waals surface area contributed by atoms with Gasteiger partial charge >= 0.3 is 0 Å². The quantitative estimate of drug-likeness (QED) is 0.734. The summed E-state index contributed by atoms with van der Waals surface area (Å²) < 4.78 is 56.9. The molecule has 106 valence electrons. The minimum absolute atomic E-state index is 0.208. The topological polar surface area (TPSA) is 127 Å². The lowest BCUT2D eigenvalue weighted by Crippen LogP contribution is -2.06. The Kier molecular flexibility index (Phi) is 6.46. The second-order valence-corrected chi connectivity index (χ2v) is 6.62. The number of aryl methyl sites for hydroxylation is 2. The van der Waals surface area contributed by atoms with E-state index in [1.807, 2.05) is 11.6 Å². The molecule has 0 saturated carbocycles. The molecule has 0 aliphatic rings. The average molecular weight is 300 g/mol. The molecule has 8 nitrogen and oxygen atoms in total. The molecule has 0 unspecified atom stereocenters. The van der Waals surface area contributed by atoms with Gasteiger partial charge in [0.25, 0.3) is 20.2 Å². The van der Waals surface area contributed by atoms with Gasteiger partial charge in [-0.2, -0.15) is 16.8 Å². The van der Waals surface area contributed by atoms with Crippen molar-refractivity contribution in [3.05, 3.63) is 18.2 Å². The van der Waals surface area contributed by atoms with Gasteiger partial charge in [0.05, 0.1) is 12.0 Å². The minimum atomic E-state index is -3.83. The molecule has 18 heavy (non-hydrogen) atoms. The molecule has 0 bridgehead atoms. The van der Waals surface area contributed by atoms with Crippen LogP contribution in [0.25, 0.3) is 0 Å². The van der Waals surface area contributed by atoms with Gasteiger partial charge in [0.15, 0.2) is 0 Å². The standard InChI is InChI=1S/C7H12N2O3S.CH4O3S/c1-9-5-4-8-7(9)3-2-6-13(10,11)12;1-5(2,3)4/h4-5H,2-3,6H2,1H3,(H,10,11,12);1H3,(H,2,3,4). The smallest absolute Gasteiger partial charge is 0.264 e. The molecular formula is C8H16N2O6S2. The first-order chi connectivity index (χ1) is 7.99. The Morgan fingerprint density at radius 1 is 1.28 bits per heavy atom. The van der Waals surface area contributed by atoms with Crippen LogP contribution in [0.1, 0.15) is 12.2 Å². The second kappa shape index (κ2) is 6.83. The zero-order valence-corrected chi connectivity index (χ0v) is 11.6. The van der Waals surface area contributed by atoms with Gasteiger partial charge < -0.3 is 4.57 Å². The molecule has 2 N–H and O–H groups in total. The molecule has 1 heterocycles. The van der Waals surface area contributed by atoms with Crippen LogP contribution in [0.4, 0.5) is 0 Å². The van der Waals surface area contributed by atoms with Crippen LogP contribution < -0.4 is 0 Å². The van der Waals surface area contributed by atoms with Crippen LogP contribution in [0.2, 0.25) is 0 Å². The van der Waals surface area contributed by atoms with Gasteiger partial charge in [0.1, 0.15) is 5.82 Å². The molecule has 0 atom stereocenters. The highest BCUT2D eigenvalue weighted by Crippen LogP contribution is 2.00. The normalized spacial score (nSPS) is 11.8. The Hall–Kier alpha value is -0.970. The number of rotatable bonds is 4. The molecular weight excluding hydrogens is 284 g/mol. The highest BCUT2D eigenvalue weighted by molar-refractivity contribution is 7.85. The van der Waals surface area contributed by atoms with E-state index in [1.54, 1.807) is 12.4 Å². The highest BCUT2D eigenvalue weighted by Gasteiger charge is 2.05. The van der Waals surface area contributed by atoms with E-state index in [0.717, 1.165) is 5.82 Å². The van der Waals surface area contributed by atoms with Gasteiger partial charge in [-0.15, -0.1) is 0 Å². The summed E-state index contributed by atoms with van der Waals surface area (Å²) in [5.41, 5.74) is 0. The van der Waals surface area contributed by atoms with Gasteiger partial charge in [-0.3, -0.25) is 9.11 Å². The van der Waals surface area contributed by atoms with Crippen LogP contribution in [-0.4, -0.2) is 47.5 Å². The summed E-state index contributed by atoms with van der Waals surface area (Å²) in [6.07, 6.45) is 5.12. The van der Waals surface area contributed by atoms with Crippen LogP contribution in [0.15, 0.2) is 12.4 Å². The van der Waals surface area contributed by atoms with Gasteiger partial charge in [0.2, 0.25) is 0 Å². The first-order valence-electron chi connectivity index (χ1n) is 4.83. The zero-order chi connectivity index (χ0) is 14.4. The fourth-order valence-corrected chi connectivity index (χ4v) is 1.56. The number of nitrogens with zero attached hydrogens (tertiary/aromatic N) is 2. The van der Waals surface area contributed by atoms with Crippen molar-refractivity contribution in [2.45, 2.75) is 12.8 Å². The van der Waals surface area contributed by atoms with E-state index in [-0.39, 0.29) is 5.75 Å². The molecule has 0 radical (unpaired) electrons. The summed E-state index contributed by atoms with van der Waals surface area (Å²) in [5.74, 6) is 0.614. The lowest BCUT2D eigenvalue weighted by Gasteiger charge is -1.99. The lowest BCUT2D eigenvalue weighted by atomic mass is 10.3. The van der Waals surface area contributed by atoms with Gasteiger partial charge in [0, 0.05) is 25.9 Å². The van der Waals surface area contributed by atoms with E-state index >= 15 is 0 Å². The Labute approximate surface area is 106 Å². The van der Waals surface area contributed by atoms with Crippen LogP contribution in [0, 0.1) is 0 Å². The predicted molar refractivity (Wildman–Crippen MR) is 65.4 cm³/mol. The van der Waals surface area contributed by atoms with Gasteiger partial charge in [-0.25, -0.2) is 4.98 Å². The Morgan fingerprint density at radius 3 is 2.11 bits per heavy atom.